The molecule has 0 aliphatic carbocycles. The van der Waals surface area contributed by atoms with Gasteiger partial charge in [-0.2, -0.15) is 4.98 Å². The van der Waals surface area contributed by atoms with Crippen LogP contribution in [0.3, 0.4) is 0 Å². The topological polar surface area (TPSA) is 86.0 Å². The molecule has 0 radical (unpaired) electrons. The summed E-state index contributed by atoms with van der Waals surface area (Å²) in [6.45, 7) is 6.37. The summed E-state index contributed by atoms with van der Waals surface area (Å²) in [7, 11) is 0. The molecule has 1 N–H and O–H groups in total. The Morgan fingerprint density at radius 1 is 1.23 bits per heavy atom. The molecule has 9 heteroatoms. The monoisotopic (exact) mass is 391 g/mol. The van der Waals surface area contributed by atoms with Gasteiger partial charge in [0, 0.05) is 25.3 Å². The highest BCUT2D eigenvalue weighted by molar-refractivity contribution is 8.00. The van der Waals surface area contributed by atoms with Crippen LogP contribution in [0.5, 0.6) is 0 Å². The van der Waals surface area contributed by atoms with Gasteiger partial charge in [-0.05, 0) is 32.4 Å². The van der Waals surface area contributed by atoms with E-state index in [2.05, 4.69) is 25.7 Å². The van der Waals surface area contributed by atoms with E-state index >= 15 is 0 Å². The van der Waals surface area contributed by atoms with E-state index in [1.807, 2.05) is 38.1 Å². The molecule has 0 saturated carbocycles. The second kappa shape index (κ2) is 9.65. The number of thioether (sulfide) groups is 1. The number of hydrogen-bond acceptors (Lipinski definition) is 9. The summed E-state index contributed by atoms with van der Waals surface area (Å²) >= 11 is 3.07. The molecular weight excluding hydrogens is 370 g/mol. The van der Waals surface area contributed by atoms with Gasteiger partial charge >= 0.3 is 0 Å². The third kappa shape index (κ3) is 5.52. The lowest BCUT2D eigenvalue weighted by molar-refractivity contribution is 0.147. The Balaban J connectivity index is 1.47. The van der Waals surface area contributed by atoms with E-state index in [4.69, 9.17) is 9.26 Å². The fraction of sp³-hybridized carbons (Fsp3) is 0.412. The number of aryl methyl sites for hydroxylation is 1. The lowest BCUT2D eigenvalue weighted by Gasteiger charge is -2.01. The van der Waals surface area contributed by atoms with Crippen molar-refractivity contribution in [3.05, 3.63) is 35.7 Å². The number of hydrogen-bond donors (Lipinski definition) is 1. The number of nitrogens with one attached hydrogen (secondary N) is 1. The highest BCUT2D eigenvalue weighted by Gasteiger charge is 2.11. The smallest absolute Gasteiger partial charge is 0.257 e. The molecule has 0 saturated heterocycles. The van der Waals surface area contributed by atoms with Crippen molar-refractivity contribution in [3.8, 4) is 11.5 Å². The summed E-state index contributed by atoms with van der Waals surface area (Å²) in [6.07, 6.45) is 0.945. The zero-order valence-corrected chi connectivity index (χ0v) is 16.4. The first kappa shape index (κ1) is 18.8. The molecule has 138 valence electrons. The van der Waals surface area contributed by atoms with Crippen LogP contribution in [0.4, 0.5) is 5.13 Å². The number of rotatable bonds is 10. The molecule has 3 rings (SSSR count). The lowest BCUT2D eigenvalue weighted by atomic mass is 10.1. The molecule has 0 unspecified atom stereocenters. The van der Waals surface area contributed by atoms with E-state index in [-0.39, 0.29) is 0 Å². The fourth-order valence-electron chi connectivity index (χ4n) is 2.11. The maximum Gasteiger partial charge on any atom is 0.257 e. The van der Waals surface area contributed by atoms with Crippen LogP contribution in [0.25, 0.3) is 11.5 Å². The number of aromatic nitrogens is 4. The third-order valence-electron chi connectivity index (χ3n) is 3.44. The molecule has 0 amide bonds. The summed E-state index contributed by atoms with van der Waals surface area (Å²) in [6, 6.07) is 8.01. The first-order valence-electron chi connectivity index (χ1n) is 8.42. The molecule has 0 bridgehead atoms. The van der Waals surface area contributed by atoms with Crippen molar-refractivity contribution in [1.82, 2.24) is 20.3 Å². The molecular formula is C17H21N5O2S2. The maximum atomic E-state index is 5.34. The molecule has 0 aliphatic heterocycles. The van der Waals surface area contributed by atoms with E-state index in [9.17, 15) is 0 Å². The van der Waals surface area contributed by atoms with E-state index < -0.39 is 0 Å². The minimum atomic E-state index is 0.537. The first-order chi connectivity index (χ1) is 12.7. The molecule has 0 aliphatic rings. The van der Waals surface area contributed by atoms with Crippen LogP contribution in [0.2, 0.25) is 0 Å². The quantitative estimate of drug-likeness (QED) is 0.409. The molecule has 7 nitrogen and oxygen atoms in total. The Kier molecular flexibility index (Phi) is 6.98. The van der Waals surface area contributed by atoms with Crippen molar-refractivity contribution in [2.45, 2.75) is 30.4 Å². The predicted molar refractivity (Wildman–Crippen MR) is 104 cm³/mol. The first-order valence-corrected chi connectivity index (χ1v) is 10.2. The van der Waals surface area contributed by atoms with Crippen molar-refractivity contribution < 1.29 is 9.26 Å². The number of ether oxygens (including phenoxy) is 1. The van der Waals surface area contributed by atoms with Gasteiger partial charge in [0.05, 0.1) is 5.75 Å². The average Bonchev–Trinajstić information content (AvgIpc) is 3.30. The minimum absolute atomic E-state index is 0.537. The van der Waals surface area contributed by atoms with E-state index in [1.54, 1.807) is 11.8 Å². The van der Waals surface area contributed by atoms with Crippen LogP contribution in [0.1, 0.15) is 24.7 Å². The zero-order valence-electron chi connectivity index (χ0n) is 14.8. The molecule has 26 heavy (non-hydrogen) atoms. The summed E-state index contributed by atoms with van der Waals surface area (Å²) in [5, 5.41) is 16.4. The SMILES string of the molecule is CCOCCCNc1nnc(SCc2noc(-c3ccc(C)cc3)n2)s1. The standard InChI is InChI=1S/C17H21N5O2S2/c1-3-23-10-4-9-18-16-20-21-17(26-16)25-11-14-19-15(24-22-14)13-7-5-12(2)6-8-13/h5-8H,3-4,9-11H2,1-2H3,(H,18,20). The van der Waals surface area contributed by atoms with Gasteiger partial charge < -0.3 is 14.6 Å². The van der Waals surface area contributed by atoms with Crippen molar-refractivity contribution in [2.75, 3.05) is 25.1 Å². The van der Waals surface area contributed by atoms with Gasteiger partial charge in [-0.1, -0.05) is 46.0 Å². The van der Waals surface area contributed by atoms with Crippen molar-refractivity contribution in [1.29, 1.82) is 0 Å². The molecule has 0 atom stereocenters. The summed E-state index contributed by atoms with van der Waals surface area (Å²) in [4.78, 5) is 4.44. The van der Waals surface area contributed by atoms with Crippen molar-refractivity contribution in [3.63, 3.8) is 0 Å². The molecule has 3 aromatic rings. The van der Waals surface area contributed by atoms with Gasteiger partial charge in [-0.25, -0.2) is 0 Å². The molecule has 2 aromatic heterocycles. The van der Waals surface area contributed by atoms with E-state index in [1.165, 1.54) is 16.9 Å². The highest BCUT2D eigenvalue weighted by atomic mass is 32.2. The van der Waals surface area contributed by atoms with Crippen LogP contribution in [0.15, 0.2) is 33.1 Å². The fourth-order valence-corrected chi connectivity index (χ4v) is 3.73. The Labute approximate surface area is 160 Å². The zero-order chi connectivity index (χ0) is 18.2. The van der Waals surface area contributed by atoms with Crippen LogP contribution < -0.4 is 5.32 Å². The highest BCUT2D eigenvalue weighted by Crippen LogP contribution is 2.28. The summed E-state index contributed by atoms with van der Waals surface area (Å²) in [5.74, 6) is 1.77. The Morgan fingerprint density at radius 3 is 2.88 bits per heavy atom. The second-order valence-electron chi connectivity index (χ2n) is 5.52. The van der Waals surface area contributed by atoms with Crippen molar-refractivity contribution >= 4 is 28.2 Å². The summed E-state index contributed by atoms with van der Waals surface area (Å²) < 4.78 is 11.5. The normalized spacial score (nSPS) is 11.0. The van der Waals surface area contributed by atoms with Crippen LogP contribution in [-0.2, 0) is 10.5 Å². The molecule has 0 spiro atoms. The van der Waals surface area contributed by atoms with Gasteiger partial charge in [0.25, 0.3) is 5.89 Å². The van der Waals surface area contributed by atoms with Crippen LogP contribution >= 0.6 is 23.1 Å². The summed E-state index contributed by atoms with van der Waals surface area (Å²) in [5.41, 5.74) is 2.12. The third-order valence-corrected chi connectivity index (χ3v) is 5.45. The van der Waals surface area contributed by atoms with E-state index in [0.717, 1.165) is 41.2 Å². The lowest BCUT2D eigenvalue weighted by Crippen LogP contribution is -2.05. The van der Waals surface area contributed by atoms with Gasteiger partial charge in [0.2, 0.25) is 5.13 Å². The molecule has 1 aromatic carbocycles. The predicted octanol–water partition coefficient (Wildman–Crippen LogP) is 4.03. The number of nitrogens with zero attached hydrogens (tertiary/aromatic N) is 4. The second-order valence-corrected chi connectivity index (χ2v) is 7.72. The largest absolute Gasteiger partial charge is 0.382 e. The average molecular weight is 392 g/mol. The van der Waals surface area contributed by atoms with Crippen molar-refractivity contribution in [2.24, 2.45) is 0 Å². The van der Waals surface area contributed by atoms with Gasteiger partial charge in [0.15, 0.2) is 10.2 Å². The van der Waals surface area contributed by atoms with E-state index in [0.29, 0.717) is 17.5 Å². The molecule has 2 heterocycles. The Morgan fingerprint density at radius 2 is 2.08 bits per heavy atom. The number of benzene rings is 1. The van der Waals surface area contributed by atoms with Gasteiger partial charge in [-0.3, -0.25) is 0 Å². The van der Waals surface area contributed by atoms with Crippen LogP contribution in [0, 0.1) is 6.92 Å². The maximum absolute atomic E-state index is 5.34. The Bertz CT molecular complexity index is 804. The minimum Gasteiger partial charge on any atom is -0.382 e. The molecule has 0 fully saturated rings. The number of anilines is 1. The van der Waals surface area contributed by atoms with Crippen LogP contribution in [-0.4, -0.2) is 40.1 Å². The Hall–Kier alpha value is -1.97. The van der Waals surface area contributed by atoms with Gasteiger partial charge in [-0.15, -0.1) is 10.2 Å². The van der Waals surface area contributed by atoms with Gasteiger partial charge in [0.1, 0.15) is 0 Å².